The highest BCUT2D eigenvalue weighted by Gasteiger charge is 2.32. The highest BCUT2D eigenvalue weighted by atomic mass is 32.1. The molecule has 0 saturated carbocycles. The van der Waals surface area contributed by atoms with E-state index in [-0.39, 0.29) is 12.5 Å². The highest BCUT2D eigenvalue weighted by molar-refractivity contribution is 7.19. The zero-order valence-corrected chi connectivity index (χ0v) is 17.7. The molecule has 1 aliphatic rings. The Kier molecular flexibility index (Phi) is 6.27. The summed E-state index contributed by atoms with van der Waals surface area (Å²) in [5, 5.41) is 3.40. The molecule has 9 heteroatoms. The molecule has 1 saturated heterocycles. The number of nitrogens with one attached hydrogen (secondary N) is 1. The molecule has 0 spiro atoms. The molecule has 2 aromatic carbocycles. The molecule has 1 aliphatic heterocycles. The number of carbonyl (C=O) groups excluding carboxylic acids is 2. The number of hydrogen-bond donors (Lipinski definition) is 1. The van der Waals surface area contributed by atoms with Gasteiger partial charge < -0.3 is 10.2 Å². The fourth-order valence-corrected chi connectivity index (χ4v) is 4.48. The average Bonchev–Trinajstić information content (AvgIpc) is 3.37. The molecular formula is C23H20F3N3O2S. The van der Waals surface area contributed by atoms with Gasteiger partial charge in [0, 0.05) is 25.6 Å². The molecule has 0 aliphatic carbocycles. The molecule has 0 radical (unpaired) electrons. The quantitative estimate of drug-likeness (QED) is 0.539. The Morgan fingerprint density at radius 3 is 2.75 bits per heavy atom. The lowest BCUT2D eigenvalue weighted by molar-refractivity contribution is -0.137. The number of rotatable bonds is 6. The normalized spacial score (nSPS) is 15.6. The maximum absolute atomic E-state index is 13.2. The number of halogens is 3. The van der Waals surface area contributed by atoms with E-state index in [1.165, 1.54) is 29.5 Å². The van der Waals surface area contributed by atoms with Crippen LogP contribution in [0.25, 0.3) is 16.3 Å². The minimum atomic E-state index is -4.50. The summed E-state index contributed by atoms with van der Waals surface area (Å²) in [7, 11) is 0. The number of para-hydroxylation sites is 1. The van der Waals surface area contributed by atoms with Gasteiger partial charge in [0.2, 0.25) is 11.8 Å². The van der Waals surface area contributed by atoms with Crippen LogP contribution in [0, 0.1) is 0 Å². The number of likely N-dealkylation sites (tertiary alicyclic amines) is 1. The van der Waals surface area contributed by atoms with Gasteiger partial charge in [-0.2, -0.15) is 13.2 Å². The van der Waals surface area contributed by atoms with Crippen LogP contribution in [0.15, 0.2) is 54.6 Å². The van der Waals surface area contributed by atoms with Crippen LogP contribution in [0.4, 0.5) is 13.2 Å². The lowest BCUT2D eigenvalue weighted by Crippen LogP contribution is -2.38. The van der Waals surface area contributed by atoms with E-state index in [4.69, 9.17) is 0 Å². The molecule has 0 bridgehead atoms. The molecule has 1 atom stereocenters. The smallest absolute Gasteiger partial charge is 0.344 e. The van der Waals surface area contributed by atoms with Gasteiger partial charge in [-0.1, -0.05) is 24.3 Å². The summed E-state index contributed by atoms with van der Waals surface area (Å²) in [5.41, 5.74) is 0.320. The maximum atomic E-state index is 13.2. The van der Waals surface area contributed by atoms with E-state index < -0.39 is 23.7 Å². The van der Waals surface area contributed by atoms with Gasteiger partial charge in [0.15, 0.2) is 0 Å². The number of thiazole rings is 1. The molecule has 1 aromatic heterocycles. The first-order chi connectivity index (χ1) is 15.3. The molecule has 2 amide bonds. The van der Waals surface area contributed by atoms with E-state index in [0.29, 0.717) is 30.0 Å². The second-order valence-electron chi connectivity index (χ2n) is 7.48. The minimum absolute atomic E-state index is 0.0683. The Morgan fingerprint density at radius 2 is 2.03 bits per heavy atom. The van der Waals surface area contributed by atoms with Crippen molar-refractivity contribution in [1.82, 2.24) is 15.2 Å². The van der Waals surface area contributed by atoms with Gasteiger partial charge in [-0.25, -0.2) is 4.98 Å². The second kappa shape index (κ2) is 9.12. The van der Waals surface area contributed by atoms with E-state index in [2.05, 4.69) is 10.3 Å². The van der Waals surface area contributed by atoms with Crippen molar-refractivity contribution in [2.45, 2.75) is 25.1 Å². The third kappa shape index (κ3) is 5.16. The number of carbonyl (C=O) groups is 2. The molecule has 1 fully saturated rings. The standard InChI is InChI=1S/C23H20F3N3O2S/c24-23(25,26)16-6-3-5-15(13-16)18(14-29-12-4-9-22(29)31)27-20(30)10-11-21-28-17-7-1-2-8-19(17)32-21/h1-3,5-8,10-11,13,18H,4,9,12,14H2,(H,27,30)/b11-10+. The van der Waals surface area contributed by atoms with Gasteiger partial charge in [-0.05, 0) is 42.3 Å². The van der Waals surface area contributed by atoms with Crippen molar-refractivity contribution >= 4 is 39.4 Å². The summed E-state index contributed by atoms with van der Waals surface area (Å²) in [6, 6.07) is 11.6. The lowest BCUT2D eigenvalue weighted by atomic mass is 10.0. The number of fused-ring (bicyclic) bond motifs is 1. The Hall–Kier alpha value is -3.20. The van der Waals surface area contributed by atoms with Gasteiger partial charge in [-0.15, -0.1) is 11.3 Å². The SMILES string of the molecule is O=C(/C=C/c1nc2ccccc2s1)NC(CN1CCCC1=O)c1cccc(C(F)(F)F)c1. The lowest BCUT2D eigenvalue weighted by Gasteiger charge is -2.25. The van der Waals surface area contributed by atoms with Gasteiger partial charge in [0.25, 0.3) is 0 Å². The van der Waals surface area contributed by atoms with Crippen molar-refractivity contribution in [1.29, 1.82) is 0 Å². The van der Waals surface area contributed by atoms with Gasteiger partial charge in [0.1, 0.15) is 5.01 Å². The van der Waals surface area contributed by atoms with Gasteiger partial charge >= 0.3 is 6.18 Å². The van der Waals surface area contributed by atoms with E-state index in [1.54, 1.807) is 11.0 Å². The zero-order chi connectivity index (χ0) is 22.7. The van der Waals surface area contributed by atoms with Crippen molar-refractivity contribution in [3.8, 4) is 0 Å². The van der Waals surface area contributed by atoms with Crippen LogP contribution in [0.2, 0.25) is 0 Å². The van der Waals surface area contributed by atoms with Crippen LogP contribution >= 0.6 is 11.3 Å². The summed E-state index contributed by atoms with van der Waals surface area (Å²) in [5.74, 6) is -0.542. The van der Waals surface area contributed by atoms with Gasteiger partial charge in [0.05, 0.1) is 21.8 Å². The van der Waals surface area contributed by atoms with Crippen LogP contribution in [-0.4, -0.2) is 34.8 Å². The van der Waals surface area contributed by atoms with Crippen molar-refractivity contribution < 1.29 is 22.8 Å². The van der Waals surface area contributed by atoms with E-state index in [0.717, 1.165) is 22.3 Å². The van der Waals surface area contributed by atoms with Crippen LogP contribution < -0.4 is 5.32 Å². The van der Waals surface area contributed by atoms with Crippen LogP contribution in [0.5, 0.6) is 0 Å². The van der Waals surface area contributed by atoms with Crippen LogP contribution in [0.1, 0.15) is 35.0 Å². The predicted octanol–water partition coefficient (Wildman–Crippen LogP) is 4.81. The average molecular weight is 459 g/mol. The molecule has 5 nitrogen and oxygen atoms in total. The van der Waals surface area contributed by atoms with Crippen molar-refractivity contribution in [3.05, 3.63) is 70.7 Å². The fraction of sp³-hybridized carbons (Fsp3) is 0.261. The largest absolute Gasteiger partial charge is 0.416 e. The van der Waals surface area contributed by atoms with E-state index in [1.807, 2.05) is 24.3 Å². The molecule has 32 heavy (non-hydrogen) atoms. The summed E-state index contributed by atoms with van der Waals surface area (Å²) >= 11 is 1.43. The number of alkyl halides is 3. The van der Waals surface area contributed by atoms with E-state index >= 15 is 0 Å². The Balaban J connectivity index is 1.54. The molecule has 1 N–H and O–H groups in total. The fourth-order valence-electron chi connectivity index (χ4n) is 3.61. The summed E-state index contributed by atoms with van der Waals surface area (Å²) in [6.07, 6.45) is -0.518. The first-order valence-electron chi connectivity index (χ1n) is 10.1. The summed E-state index contributed by atoms with van der Waals surface area (Å²) in [4.78, 5) is 30.7. The number of nitrogens with zero attached hydrogens (tertiary/aromatic N) is 2. The number of hydrogen-bond acceptors (Lipinski definition) is 4. The topological polar surface area (TPSA) is 62.3 Å². The summed E-state index contributed by atoms with van der Waals surface area (Å²) < 4.78 is 40.6. The van der Waals surface area contributed by atoms with Crippen LogP contribution in [0.3, 0.4) is 0 Å². The molecule has 1 unspecified atom stereocenters. The first kappa shape index (κ1) is 22.0. The minimum Gasteiger partial charge on any atom is -0.344 e. The van der Waals surface area contributed by atoms with Gasteiger partial charge in [-0.3, -0.25) is 9.59 Å². The molecular weight excluding hydrogens is 439 g/mol. The molecule has 4 rings (SSSR count). The third-order valence-corrected chi connectivity index (χ3v) is 6.20. The predicted molar refractivity (Wildman–Crippen MR) is 117 cm³/mol. The Bertz CT molecular complexity index is 1140. The number of aromatic nitrogens is 1. The second-order valence-corrected chi connectivity index (χ2v) is 8.54. The Labute approximate surface area is 186 Å². The van der Waals surface area contributed by atoms with Crippen molar-refractivity contribution in [3.63, 3.8) is 0 Å². The first-order valence-corrected chi connectivity index (χ1v) is 10.9. The molecule has 166 valence electrons. The number of amides is 2. The molecule has 3 aromatic rings. The number of benzene rings is 2. The van der Waals surface area contributed by atoms with Crippen LogP contribution in [-0.2, 0) is 15.8 Å². The maximum Gasteiger partial charge on any atom is 0.416 e. The Morgan fingerprint density at radius 1 is 1.22 bits per heavy atom. The molecule has 2 heterocycles. The third-order valence-electron chi connectivity index (χ3n) is 5.19. The summed E-state index contributed by atoms with van der Waals surface area (Å²) in [6.45, 7) is 0.632. The highest BCUT2D eigenvalue weighted by Crippen LogP contribution is 2.31. The van der Waals surface area contributed by atoms with E-state index in [9.17, 15) is 22.8 Å². The van der Waals surface area contributed by atoms with Crippen molar-refractivity contribution in [2.24, 2.45) is 0 Å². The van der Waals surface area contributed by atoms with Crippen molar-refractivity contribution in [2.75, 3.05) is 13.1 Å². The zero-order valence-electron chi connectivity index (χ0n) is 16.9. The monoisotopic (exact) mass is 459 g/mol.